The molecular formula is C24H31NO2. The van der Waals surface area contributed by atoms with Gasteiger partial charge in [-0.15, -0.1) is 0 Å². The highest BCUT2D eigenvalue weighted by Crippen LogP contribution is 2.26. The van der Waals surface area contributed by atoms with Crippen molar-refractivity contribution in [2.24, 2.45) is 0 Å². The van der Waals surface area contributed by atoms with Gasteiger partial charge in [0.05, 0.1) is 0 Å². The van der Waals surface area contributed by atoms with E-state index in [9.17, 15) is 4.79 Å². The summed E-state index contributed by atoms with van der Waals surface area (Å²) in [5.41, 5.74) is 3.69. The van der Waals surface area contributed by atoms with Gasteiger partial charge in [0.1, 0.15) is 5.75 Å². The fraction of sp³-hybridized carbons (Fsp3) is 0.458. The third-order valence-electron chi connectivity index (χ3n) is 5.21. The van der Waals surface area contributed by atoms with Gasteiger partial charge in [0.15, 0.2) is 6.10 Å². The lowest BCUT2D eigenvalue weighted by molar-refractivity contribution is -0.129. The Morgan fingerprint density at radius 3 is 2.48 bits per heavy atom. The van der Waals surface area contributed by atoms with Crippen LogP contribution in [0.4, 0.5) is 0 Å². The molecule has 0 aliphatic heterocycles. The molecule has 1 N–H and O–H groups in total. The number of hydrogen-bond donors (Lipinski definition) is 1. The van der Waals surface area contributed by atoms with E-state index in [1.165, 1.54) is 29.5 Å². The van der Waals surface area contributed by atoms with Crippen molar-refractivity contribution in [1.29, 1.82) is 0 Å². The van der Waals surface area contributed by atoms with Crippen LogP contribution in [-0.4, -0.2) is 17.6 Å². The van der Waals surface area contributed by atoms with Gasteiger partial charge in [-0.2, -0.15) is 0 Å². The van der Waals surface area contributed by atoms with Crippen molar-refractivity contribution < 1.29 is 9.53 Å². The molecule has 2 aromatic carbocycles. The van der Waals surface area contributed by atoms with Crippen LogP contribution < -0.4 is 10.1 Å². The first-order valence-electron chi connectivity index (χ1n) is 10.1. The van der Waals surface area contributed by atoms with E-state index in [1.807, 2.05) is 31.2 Å². The normalized spacial score (nSPS) is 14.9. The maximum atomic E-state index is 12.8. The molecule has 1 aliphatic rings. The average molecular weight is 366 g/mol. The number of nitrogens with one attached hydrogen (secondary N) is 1. The minimum atomic E-state index is -0.471. The largest absolute Gasteiger partial charge is 0.481 e. The van der Waals surface area contributed by atoms with Crippen molar-refractivity contribution in [2.75, 3.05) is 0 Å². The summed E-state index contributed by atoms with van der Waals surface area (Å²) in [6.45, 7) is 6.11. The number of aryl methyl sites for hydroxylation is 2. The molecule has 0 heterocycles. The SMILES string of the molecule is CCC(Oc1ccc2c(c1)CCCC2)C(=O)NC(C)(C)Cc1ccccc1. The lowest BCUT2D eigenvalue weighted by atomic mass is 9.92. The van der Waals surface area contributed by atoms with Crippen LogP contribution in [0.3, 0.4) is 0 Å². The first-order chi connectivity index (χ1) is 13.0. The summed E-state index contributed by atoms with van der Waals surface area (Å²) in [7, 11) is 0. The Morgan fingerprint density at radius 2 is 1.78 bits per heavy atom. The molecule has 0 bridgehead atoms. The number of rotatable bonds is 7. The summed E-state index contributed by atoms with van der Waals surface area (Å²) in [6.07, 6.45) is 5.73. The number of hydrogen-bond acceptors (Lipinski definition) is 2. The standard InChI is InChI=1S/C24H31NO2/c1-4-22(27-21-15-14-19-12-8-9-13-20(19)16-21)23(26)25-24(2,3)17-18-10-6-5-7-11-18/h5-7,10-11,14-16,22H,4,8-9,12-13,17H2,1-3H3,(H,25,26). The van der Waals surface area contributed by atoms with Gasteiger partial charge in [0.25, 0.3) is 5.91 Å². The first-order valence-corrected chi connectivity index (χ1v) is 10.1. The van der Waals surface area contributed by atoms with Gasteiger partial charge in [0.2, 0.25) is 0 Å². The predicted molar refractivity (Wildman–Crippen MR) is 110 cm³/mol. The van der Waals surface area contributed by atoms with Gasteiger partial charge in [-0.25, -0.2) is 0 Å². The van der Waals surface area contributed by atoms with E-state index in [0.717, 1.165) is 25.0 Å². The fourth-order valence-electron chi connectivity index (χ4n) is 3.83. The molecule has 3 nitrogen and oxygen atoms in total. The van der Waals surface area contributed by atoms with E-state index in [2.05, 4.69) is 43.4 Å². The van der Waals surface area contributed by atoms with E-state index >= 15 is 0 Å². The van der Waals surface area contributed by atoms with Crippen LogP contribution >= 0.6 is 0 Å². The summed E-state index contributed by atoms with van der Waals surface area (Å²) in [5, 5.41) is 3.17. The topological polar surface area (TPSA) is 38.3 Å². The van der Waals surface area contributed by atoms with E-state index in [-0.39, 0.29) is 11.4 Å². The number of fused-ring (bicyclic) bond motifs is 1. The molecule has 0 saturated carbocycles. The molecule has 0 radical (unpaired) electrons. The Kier molecular flexibility index (Phi) is 6.20. The Balaban J connectivity index is 1.63. The lowest BCUT2D eigenvalue weighted by Gasteiger charge is -2.29. The van der Waals surface area contributed by atoms with Gasteiger partial charge in [0, 0.05) is 5.54 Å². The third kappa shape index (κ3) is 5.35. The molecule has 1 unspecified atom stereocenters. The average Bonchev–Trinajstić information content (AvgIpc) is 2.65. The van der Waals surface area contributed by atoms with Crippen LogP contribution in [0.2, 0.25) is 0 Å². The summed E-state index contributed by atoms with van der Waals surface area (Å²) in [4.78, 5) is 12.8. The third-order valence-corrected chi connectivity index (χ3v) is 5.21. The molecule has 1 aliphatic carbocycles. The Hall–Kier alpha value is -2.29. The highest BCUT2D eigenvalue weighted by molar-refractivity contribution is 5.81. The quantitative estimate of drug-likeness (QED) is 0.761. The molecule has 1 atom stereocenters. The van der Waals surface area contributed by atoms with Crippen molar-refractivity contribution in [3.63, 3.8) is 0 Å². The predicted octanol–water partition coefficient (Wildman–Crippen LogP) is 4.86. The Bertz CT molecular complexity index is 767. The molecule has 0 saturated heterocycles. The summed E-state index contributed by atoms with van der Waals surface area (Å²) in [6, 6.07) is 16.5. The van der Waals surface area contributed by atoms with Crippen molar-refractivity contribution in [3.8, 4) is 5.75 Å². The van der Waals surface area contributed by atoms with Gasteiger partial charge in [-0.3, -0.25) is 4.79 Å². The molecule has 2 aromatic rings. The fourth-order valence-corrected chi connectivity index (χ4v) is 3.83. The Morgan fingerprint density at radius 1 is 1.07 bits per heavy atom. The van der Waals surface area contributed by atoms with Gasteiger partial charge in [-0.05, 0) is 81.2 Å². The van der Waals surface area contributed by atoms with Crippen LogP contribution in [0.1, 0.15) is 56.7 Å². The second kappa shape index (κ2) is 8.60. The van der Waals surface area contributed by atoms with Crippen molar-refractivity contribution >= 4 is 5.91 Å². The molecular weight excluding hydrogens is 334 g/mol. The van der Waals surface area contributed by atoms with Crippen LogP contribution in [0.15, 0.2) is 48.5 Å². The van der Waals surface area contributed by atoms with Crippen molar-refractivity contribution in [2.45, 2.75) is 70.9 Å². The molecule has 0 aromatic heterocycles. The van der Waals surface area contributed by atoms with E-state index < -0.39 is 6.10 Å². The van der Waals surface area contributed by atoms with Crippen LogP contribution in [0.25, 0.3) is 0 Å². The zero-order valence-electron chi connectivity index (χ0n) is 16.8. The highest BCUT2D eigenvalue weighted by atomic mass is 16.5. The minimum absolute atomic E-state index is 0.0452. The Labute approximate surface area is 163 Å². The number of benzene rings is 2. The van der Waals surface area contributed by atoms with Crippen LogP contribution in [0.5, 0.6) is 5.75 Å². The van der Waals surface area contributed by atoms with Crippen molar-refractivity contribution in [3.05, 3.63) is 65.2 Å². The summed E-state index contributed by atoms with van der Waals surface area (Å²) in [5.74, 6) is 0.759. The molecule has 0 fully saturated rings. The number of ether oxygens (including phenoxy) is 1. The van der Waals surface area contributed by atoms with Crippen LogP contribution in [0, 0.1) is 0 Å². The minimum Gasteiger partial charge on any atom is -0.481 e. The van der Waals surface area contributed by atoms with E-state index in [0.29, 0.717) is 6.42 Å². The van der Waals surface area contributed by atoms with E-state index in [4.69, 9.17) is 4.74 Å². The molecule has 3 heteroatoms. The highest BCUT2D eigenvalue weighted by Gasteiger charge is 2.26. The lowest BCUT2D eigenvalue weighted by Crippen LogP contribution is -2.50. The molecule has 144 valence electrons. The number of carbonyl (C=O) groups is 1. The summed E-state index contributed by atoms with van der Waals surface area (Å²) >= 11 is 0. The van der Waals surface area contributed by atoms with Gasteiger partial charge >= 0.3 is 0 Å². The smallest absolute Gasteiger partial charge is 0.261 e. The molecule has 1 amide bonds. The van der Waals surface area contributed by atoms with Gasteiger partial charge in [-0.1, -0.05) is 43.3 Å². The molecule has 0 spiro atoms. The molecule has 3 rings (SSSR count). The zero-order chi connectivity index (χ0) is 19.3. The van der Waals surface area contributed by atoms with Crippen molar-refractivity contribution in [1.82, 2.24) is 5.32 Å². The summed E-state index contributed by atoms with van der Waals surface area (Å²) < 4.78 is 6.08. The van der Waals surface area contributed by atoms with Gasteiger partial charge < -0.3 is 10.1 Å². The van der Waals surface area contributed by atoms with Crippen LogP contribution in [-0.2, 0) is 24.1 Å². The maximum Gasteiger partial charge on any atom is 0.261 e. The second-order valence-electron chi connectivity index (χ2n) is 8.19. The maximum absolute atomic E-state index is 12.8. The number of carbonyl (C=O) groups excluding carboxylic acids is 1. The number of amides is 1. The monoisotopic (exact) mass is 365 g/mol. The second-order valence-corrected chi connectivity index (χ2v) is 8.19. The zero-order valence-corrected chi connectivity index (χ0v) is 16.8. The molecule has 27 heavy (non-hydrogen) atoms. The first kappa shape index (κ1) is 19.5. The van der Waals surface area contributed by atoms with E-state index in [1.54, 1.807) is 0 Å².